The van der Waals surface area contributed by atoms with Crippen molar-refractivity contribution < 1.29 is 14.3 Å². The Morgan fingerprint density at radius 3 is 2.37 bits per heavy atom. The Balaban J connectivity index is 2.52. The monoisotopic (exact) mass is 261 g/mol. The molecular weight excluding hydrogens is 242 g/mol. The highest BCUT2D eigenvalue weighted by Crippen LogP contribution is 2.13. The second-order valence-corrected chi connectivity index (χ2v) is 3.92. The Morgan fingerprint density at radius 1 is 1.21 bits per heavy atom. The molecule has 0 aliphatic heterocycles. The first-order valence-corrected chi connectivity index (χ1v) is 6.33. The molecule has 102 valence electrons. The third-order valence-corrected chi connectivity index (χ3v) is 2.73. The smallest absolute Gasteiger partial charge is 0.260 e. The Bertz CT molecular complexity index is 433. The Labute approximate surface area is 113 Å². The predicted molar refractivity (Wildman–Crippen MR) is 75.0 cm³/mol. The number of likely N-dealkylation sites (N-methyl/N-ethyl adjacent to an activating group) is 1. The van der Waals surface area contributed by atoms with Crippen molar-refractivity contribution >= 4 is 18.3 Å². The van der Waals surface area contributed by atoms with Crippen molar-refractivity contribution in [3.63, 3.8) is 0 Å². The zero-order valence-corrected chi connectivity index (χ0v) is 11.3. The van der Waals surface area contributed by atoms with Gasteiger partial charge in [-0.3, -0.25) is 9.59 Å². The second kappa shape index (κ2) is 8.08. The van der Waals surface area contributed by atoms with Crippen LogP contribution in [0.3, 0.4) is 0 Å². The zero-order valence-electron chi connectivity index (χ0n) is 11.3. The molecule has 4 heteroatoms. The van der Waals surface area contributed by atoms with Gasteiger partial charge in [0.05, 0.1) is 0 Å². The molecule has 0 bridgehead atoms. The topological polar surface area (TPSA) is 46.6 Å². The number of allylic oxidation sites excluding steroid dienone is 1. The quantitative estimate of drug-likeness (QED) is 0.558. The first-order chi connectivity index (χ1) is 9.21. The van der Waals surface area contributed by atoms with Gasteiger partial charge in [-0.15, -0.1) is 0 Å². The molecule has 0 saturated carbocycles. The maximum atomic E-state index is 11.7. The van der Waals surface area contributed by atoms with Gasteiger partial charge in [0.2, 0.25) is 0 Å². The first kappa shape index (κ1) is 15.0. The summed E-state index contributed by atoms with van der Waals surface area (Å²) in [5.41, 5.74) is 0.912. The summed E-state index contributed by atoms with van der Waals surface area (Å²) in [7, 11) is 0. The van der Waals surface area contributed by atoms with Crippen molar-refractivity contribution in [1.29, 1.82) is 0 Å². The lowest BCUT2D eigenvalue weighted by atomic mass is 10.2. The molecule has 0 atom stereocenters. The van der Waals surface area contributed by atoms with Crippen molar-refractivity contribution in [3.05, 3.63) is 35.9 Å². The van der Waals surface area contributed by atoms with Gasteiger partial charge in [0.15, 0.2) is 6.61 Å². The molecule has 0 aliphatic rings. The summed E-state index contributed by atoms with van der Waals surface area (Å²) in [5, 5.41) is 0. The summed E-state index contributed by atoms with van der Waals surface area (Å²) in [5.74, 6) is 0.624. The lowest BCUT2D eigenvalue weighted by molar-refractivity contribution is -0.132. The summed E-state index contributed by atoms with van der Waals surface area (Å²) >= 11 is 0. The molecule has 0 aromatic heterocycles. The van der Waals surface area contributed by atoms with Gasteiger partial charge in [-0.05, 0) is 37.6 Å². The summed E-state index contributed by atoms with van der Waals surface area (Å²) in [6, 6.07) is 7.22. The lowest BCUT2D eigenvalue weighted by Crippen LogP contribution is -2.34. The van der Waals surface area contributed by atoms with Crippen LogP contribution < -0.4 is 4.74 Å². The Hall–Kier alpha value is -2.10. The van der Waals surface area contributed by atoms with Crippen molar-refractivity contribution in [3.8, 4) is 5.75 Å². The molecule has 1 rings (SSSR count). The van der Waals surface area contributed by atoms with E-state index < -0.39 is 0 Å². The van der Waals surface area contributed by atoms with Crippen LogP contribution in [0.1, 0.15) is 19.4 Å². The fourth-order valence-electron chi connectivity index (χ4n) is 1.64. The molecule has 0 fully saturated rings. The largest absolute Gasteiger partial charge is 0.484 e. The fourth-order valence-corrected chi connectivity index (χ4v) is 1.64. The van der Waals surface area contributed by atoms with Gasteiger partial charge in [0, 0.05) is 13.1 Å². The van der Waals surface area contributed by atoms with Gasteiger partial charge < -0.3 is 9.64 Å². The van der Waals surface area contributed by atoms with Crippen LogP contribution in [0.25, 0.3) is 6.08 Å². The molecule has 1 aromatic rings. The molecule has 0 radical (unpaired) electrons. The highest BCUT2D eigenvalue weighted by atomic mass is 16.5. The molecular formula is C15H19NO3. The number of amides is 1. The lowest BCUT2D eigenvalue weighted by Gasteiger charge is -2.18. The molecule has 0 N–H and O–H groups in total. The maximum Gasteiger partial charge on any atom is 0.260 e. The van der Waals surface area contributed by atoms with Crippen LogP contribution in [0.2, 0.25) is 0 Å². The van der Waals surface area contributed by atoms with Crippen LogP contribution in [-0.4, -0.2) is 36.8 Å². The van der Waals surface area contributed by atoms with Crippen molar-refractivity contribution in [2.24, 2.45) is 0 Å². The van der Waals surface area contributed by atoms with E-state index in [0.29, 0.717) is 18.8 Å². The normalized spacial score (nSPS) is 10.4. The fraction of sp³-hybridized carbons (Fsp3) is 0.333. The number of rotatable bonds is 7. The third kappa shape index (κ3) is 4.95. The average molecular weight is 261 g/mol. The molecule has 0 unspecified atom stereocenters. The van der Waals surface area contributed by atoms with E-state index in [9.17, 15) is 9.59 Å². The van der Waals surface area contributed by atoms with E-state index in [1.165, 1.54) is 6.08 Å². The van der Waals surface area contributed by atoms with Gasteiger partial charge in [-0.2, -0.15) is 0 Å². The van der Waals surface area contributed by atoms with Crippen LogP contribution in [0.5, 0.6) is 5.75 Å². The van der Waals surface area contributed by atoms with Crippen molar-refractivity contribution in [2.75, 3.05) is 19.7 Å². The second-order valence-electron chi connectivity index (χ2n) is 3.92. The summed E-state index contributed by atoms with van der Waals surface area (Å²) in [6.07, 6.45) is 3.87. The van der Waals surface area contributed by atoms with Gasteiger partial charge in [-0.1, -0.05) is 18.2 Å². The van der Waals surface area contributed by atoms with Crippen LogP contribution >= 0.6 is 0 Å². The highest BCUT2D eigenvalue weighted by Gasteiger charge is 2.09. The summed E-state index contributed by atoms with van der Waals surface area (Å²) in [6.45, 7) is 5.30. The molecule has 1 aromatic carbocycles. The number of aldehydes is 1. The molecule has 19 heavy (non-hydrogen) atoms. The minimum Gasteiger partial charge on any atom is -0.484 e. The van der Waals surface area contributed by atoms with E-state index in [0.717, 1.165) is 11.8 Å². The van der Waals surface area contributed by atoms with Crippen LogP contribution in [0, 0.1) is 0 Å². The van der Waals surface area contributed by atoms with Gasteiger partial charge in [0.1, 0.15) is 12.0 Å². The summed E-state index contributed by atoms with van der Waals surface area (Å²) < 4.78 is 5.43. The standard InChI is InChI=1S/C15H19NO3/c1-3-16(4-2)15(18)12-19-14-9-7-13(8-10-14)6-5-11-17/h5-11H,3-4,12H2,1-2H3/b6-5+. The van der Waals surface area contributed by atoms with Gasteiger partial charge in [0.25, 0.3) is 5.91 Å². The average Bonchev–Trinajstić information content (AvgIpc) is 2.45. The van der Waals surface area contributed by atoms with E-state index in [4.69, 9.17) is 4.74 Å². The van der Waals surface area contributed by atoms with Crippen molar-refractivity contribution in [1.82, 2.24) is 4.90 Å². The van der Waals surface area contributed by atoms with Crippen LogP contribution in [0.4, 0.5) is 0 Å². The number of ether oxygens (including phenoxy) is 1. The van der Waals surface area contributed by atoms with Crippen LogP contribution in [0.15, 0.2) is 30.3 Å². The maximum absolute atomic E-state index is 11.7. The Kier molecular flexibility index (Phi) is 6.36. The minimum atomic E-state index is -0.0186. The molecule has 0 saturated heterocycles. The van der Waals surface area contributed by atoms with E-state index in [1.807, 2.05) is 26.0 Å². The number of benzene rings is 1. The van der Waals surface area contributed by atoms with Crippen LogP contribution in [-0.2, 0) is 9.59 Å². The molecule has 0 spiro atoms. The summed E-state index contributed by atoms with van der Waals surface area (Å²) in [4.78, 5) is 23.7. The molecule has 0 heterocycles. The number of hydrogen-bond acceptors (Lipinski definition) is 3. The minimum absolute atomic E-state index is 0.0186. The Morgan fingerprint density at radius 2 is 1.84 bits per heavy atom. The van der Waals surface area contributed by atoms with E-state index in [2.05, 4.69) is 0 Å². The number of hydrogen-bond donors (Lipinski definition) is 0. The molecule has 0 aliphatic carbocycles. The van der Waals surface area contributed by atoms with Crippen molar-refractivity contribution in [2.45, 2.75) is 13.8 Å². The predicted octanol–water partition coefficient (Wildman–Crippen LogP) is 2.15. The number of carbonyl (C=O) groups excluding carboxylic acids is 2. The molecule has 4 nitrogen and oxygen atoms in total. The SMILES string of the molecule is CCN(CC)C(=O)COc1ccc(/C=C/C=O)cc1. The zero-order chi connectivity index (χ0) is 14.1. The van der Waals surface area contributed by atoms with E-state index in [1.54, 1.807) is 23.1 Å². The highest BCUT2D eigenvalue weighted by molar-refractivity contribution is 5.77. The van der Waals surface area contributed by atoms with Gasteiger partial charge in [-0.25, -0.2) is 0 Å². The molecule has 1 amide bonds. The van der Waals surface area contributed by atoms with Gasteiger partial charge >= 0.3 is 0 Å². The number of nitrogens with zero attached hydrogens (tertiary/aromatic N) is 1. The van der Waals surface area contributed by atoms with E-state index >= 15 is 0 Å². The van der Waals surface area contributed by atoms with E-state index in [-0.39, 0.29) is 12.5 Å². The first-order valence-electron chi connectivity index (χ1n) is 6.33. The number of carbonyl (C=O) groups is 2. The third-order valence-electron chi connectivity index (χ3n) is 2.73.